The Balaban J connectivity index is 1.56. The molecule has 0 bridgehead atoms. The van der Waals surface area contributed by atoms with Gasteiger partial charge in [0.05, 0.1) is 4.88 Å². The quantitative estimate of drug-likeness (QED) is 0.733. The third-order valence-corrected chi connectivity index (χ3v) is 5.45. The molecular formula is C17H16N4OS2. The molecule has 122 valence electrons. The van der Waals surface area contributed by atoms with Crippen molar-refractivity contribution in [2.45, 2.75) is 19.5 Å². The van der Waals surface area contributed by atoms with Gasteiger partial charge in [-0.1, -0.05) is 30.3 Å². The van der Waals surface area contributed by atoms with Crippen LogP contribution in [-0.4, -0.2) is 32.1 Å². The van der Waals surface area contributed by atoms with E-state index < -0.39 is 0 Å². The number of benzene rings is 1. The number of H-pyrrole nitrogens is 1. The minimum absolute atomic E-state index is 0.0693. The van der Waals surface area contributed by atoms with Gasteiger partial charge in [-0.05, 0) is 41.2 Å². The van der Waals surface area contributed by atoms with Crippen LogP contribution in [0.1, 0.15) is 11.1 Å². The van der Waals surface area contributed by atoms with Crippen molar-refractivity contribution in [1.29, 1.82) is 0 Å². The number of thiophene rings is 1. The number of aromatic amines is 1. The number of nitrogens with one attached hydrogen (secondary N) is 1. The molecule has 1 amide bonds. The number of amides is 1. The summed E-state index contributed by atoms with van der Waals surface area (Å²) >= 11 is 6.89. The molecule has 4 rings (SSSR count). The van der Waals surface area contributed by atoms with Crippen LogP contribution in [0, 0.1) is 4.77 Å². The van der Waals surface area contributed by atoms with Crippen LogP contribution in [0.3, 0.4) is 0 Å². The molecule has 24 heavy (non-hydrogen) atoms. The zero-order valence-electron chi connectivity index (χ0n) is 12.9. The first kappa shape index (κ1) is 15.3. The molecule has 5 nitrogen and oxygen atoms in total. The summed E-state index contributed by atoms with van der Waals surface area (Å²) in [5, 5.41) is 9.07. The zero-order valence-corrected chi connectivity index (χ0v) is 14.6. The van der Waals surface area contributed by atoms with Gasteiger partial charge in [-0.25, -0.2) is 0 Å². The SMILES string of the molecule is O=C(Cn1c(-c2cccs2)n[nH]c1=S)N1CCc2ccccc2C1. The van der Waals surface area contributed by atoms with Crippen LogP contribution >= 0.6 is 23.6 Å². The van der Waals surface area contributed by atoms with Gasteiger partial charge < -0.3 is 4.90 Å². The third-order valence-electron chi connectivity index (χ3n) is 4.28. The fraction of sp³-hybridized carbons (Fsp3) is 0.235. The predicted octanol–water partition coefficient (Wildman–Crippen LogP) is 3.25. The fourth-order valence-corrected chi connectivity index (χ4v) is 3.92. The molecule has 1 aliphatic rings. The van der Waals surface area contributed by atoms with E-state index in [2.05, 4.69) is 28.4 Å². The number of aromatic nitrogens is 3. The van der Waals surface area contributed by atoms with Crippen molar-refractivity contribution >= 4 is 29.5 Å². The molecule has 0 radical (unpaired) electrons. The Hall–Kier alpha value is -2.25. The van der Waals surface area contributed by atoms with E-state index in [0.29, 0.717) is 11.3 Å². The molecule has 3 heterocycles. The Bertz CT molecular complexity index is 926. The molecule has 0 atom stereocenters. The van der Waals surface area contributed by atoms with Crippen LogP contribution in [0.25, 0.3) is 10.7 Å². The average molecular weight is 356 g/mol. The lowest BCUT2D eigenvalue weighted by Gasteiger charge is -2.29. The van der Waals surface area contributed by atoms with Crippen molar-refractivity contribution in [2.75, 3.05) is 6.54 Å². The Morgan fingerprint density at radius 2 is 2.08 bits per heavy atom. The number of hydrogen-bond acceptors (Lipinski definition) is 4. The van der Waals surface area contributed by atoms with Crippen molar-refractivity contribution in [3.05, 3.63) is 57.7 Å². The van der Waals surface area contributed by atoms with E-state index in [4.69, 9.17) is 12.2 Å². The Kier molecular flexibility index (Phi) is 4.03. The van der Waals surface area contributed by atoms with Crippen LogP contribution in [0.15, 0.2) is 41.8 Å². The van der Waals surface area contributed by atoms with Gasteiger partial charge in [0.1, 0.15) is 6.54 Å². The zero-order chi connectivity index (χ0) is 16.5. The monoisotopic (exact) mass is 356 g/mol. The second-order valence-electron chi connectivity index (χ2n) is 5.75. The maximum atomic E-state index is 12.8. The minimum atomic E-state index is 0.0693. The molecule has 0 aliphatic carbocycles. The number of carbonyl (C=O) groups is 1. The first-order valence-electron chi connectivity index (χ1n) is 7.76. The highest BCUT2D eigenvalue weighted by molar-refractivity contribution is 7.71. The van der Waals surface area contributed by atoms with E-state index in [1.165, 1.54) is 11.1 Å². The number of nitrogens with zero attached hydrogens (tertiary/aromatic N) is 3. The van der Waals surface area contributed by atoms with Crippen LogP contribution in [0.5, 0.6) is 0 Å². The van der Waals surface area contributed by atoms with Gasteiger partial charge in [-0.15, -0.1) is 11.3 Å². The van der Waals surface area contributed by atoms with Crippen molar-refractivity contribution in [2.24, 2.45) is 0 Å². The largest absolute Gasteiger partial charge is 0.336 e. The summed E-state index contributed by atoms with van der Waals surface area (Å²) in [7, 11) is 0. The summed E-state index contributed by atoms with van der Waals surface area (Å²) in [6.45, 7) is 1.62. The lowest BCUT2D eigenvalue weighted by molar-refractivity contribution is -0.132. The Morgan fingerprint density at radius 3 is 2.88 bits per heavy atom. The van der Waals surface area contributed by atoms with Crippen molar-refractivity contribution < 1.29 is 4.79 Å². The summed E-state index contributed by atoms with van der Waals surface area (Å²) in [5.74, 6) is 0.792. The highest BCUT2D eigenvalue weighted by Gasteiger charge is 2.22. The molecule has 7 heteroatoms. The predicted molar refractivity (Wildman–Crippen MR) is 96.3 cm³/mol. The van der Waals surface area contributed by atoms with Crippen LogP contribution < -0.4 is 0 Å². The van der Waals surface area contributed by atoms with Gasteiger partial charge in [0.25, 0.3) is 0 Å². The molecule has 0 spiro atoms. The molecule has 1 aliphatic heterocycles. The third kappa shape index (κ3) is 2.81. The summed E-state index contributed by atoms with van der Waals surface area (Å²) < 4.78 is 2.26. The van der Waals surface area contributed by atoms with Crippen molar-refractivity contribution in [3.63, 3.8) is 0 Å². The van der Waals surface area contributed by atoms with E-state index in [0.717, 1.165) is 23.7 Å². The van der Waals surface area contributed by atoms with Crippen LogP contribution in [0.2, 0.25) is 0 Å². The van der Waals surface area contributed by atoms with Gasteiger partial charge in [0.2, 0.25) is 5.91 Å². The molecule has 3 aromatic rings. The highest BCUT2D eigenvalue weighted by atomic mass is 32.1. The lowest BCUT2D eigenvalue weighted by Crippen LogP contribution is -2.38. The fourth-order valence-electron chi connectivity index (χ4n) is 3.00. The molecule has 1 N–H and O–H groups in total. The second kappa shape index (κ2) is 6.33. The lowest BCUT2D eigenvalue weighted by atomic mass is 10.00. The summed E-state index contributed by atoms with van der Waals surface area (Å²) in [5.41, 5.74) is 2.56. The molecule has 1 aromatic carbocycles. The molecule has 0 saturated heterocycles. The molecule has 2 aromatic heterocycles. The normalized spacial score (nSPS) is 13.8. The minimum Gasteiger partial charge on any atom is -0.336 e. The number of hydrogen-bond donors (Lipinski definition) is 1. The van der Waals surface area contributed by atoms with Crippen molar-refractivity contribution in [3.8, 4) is 10.7 Å². The topological polar surface area (TPSA) is 53.9 Å². The molecular weight excluding hydrogens is 340 g/mol. The molecule has 0 unspecified atom stereocenters. The van der Waals surface area contributed by atoms with Gasteiger partial charge in [0, 0.05) is 13.1 Å². The summed E-state index contributed by atoms with van der Waals surface area (Å²) in [6, 6.07) is 12.2. The van der Waals surface area contributed by atoms with E-state index >= 15 is 0 Å². The van der Waals surface area contributed by atoms with E-state index in [1.807, 2.05) is 28.5 Å². The number of carbonyl (C=O) groups excluding carboxylic acids is 1. The maximum Gasteiger partial charge on any atom is 0.242 e. The summed E-state index contributed by atoms with van der Waals surface area (Å²) in [6.07, 6.45) is 0.899. The highest BCUT2D eigenvalue weighted by Crippen LogP contribution is 2.23. The van der Waals surface area contributed by atoms with Crippen LogP contribution in [-0.2, 0) is 24.3 Å². The standard InChI is InChI=1S/C17H16N4OS2/c22-15(20-8-7-12-4-1-2-5-13(12)10-20)11-21-16(18-19-17(21)23)14-6-3-9-24-14/h1-6,9H,7-8,10-11H2,(H,19,23). The maximum absolute atomic E-state index is 12.8. The van der Waals surface area contributed by atoms with E-state index in [9.17, 15) is 4.79 Å². The number of fused-ring (bicyclic) bond motifs is 1. The summed E-state index contributed by atoms with van der Waals surface area (Å²) in [4.78, 5) is 15.7. The smallest absolute Gasteiger partial charge is 0.242 e. The number of rotatable bonds is 3. The first-order valence-corrected chi connectivity index (χ1v) is 9.05. The van der Waals surface area contributed by atoms with Gasteiger partial charge >= 0.3 is 0 Å². The van der Waals surface area contributed by atoms with Gasteiger partial charge in [-0.3, -0.25) is 14.5 Å². The average Bonchev–Trinajstić information content (AvgIpc) is 3.25. The van der Waals surface area contributed by atoms with Crippen LogP contribution in [0.4, 0.5) is 0 Å². The van der Waals surface area contributed by atoms with Crippen molar-refractivity contribution in [1.82, 2.24) is 19.7 Å². The van der Waals surface area contributed by atoms with E-state index in [-0.39, 0.29) is 12.5 Å². The van der Waals surface area contributed by atoms with E-state index in [1.54, 1.807) is 15.9 Å². The Morgan fingerprint density at radius 1 is 1.25 bits per heavy atom. The Labute approximate surface area is 148 Å². The molecule has 0 saturated carbocycles. The van der Waals surface area contributed by atoms with Gasteiger partial charge in [-0.2, -0.15) is 5.10 Å². The first-order chi connectivity index (χ1) is 11.7. The van der Waals surface area contributed by atoms with Gasteiger partial charge in [0.15, 0.2) is 10.6 Å². The molecule has 0 fully saturated rings. The second-order valence-corrected chi connectivity index (χ2v) is 7.08.